The van der Waals surface area contributed by atoms with Crippen molar-refractivity contribution in [2.24, 2.45) is 0 Å². The van der Waals surface area contributed by atoms with Crippen molar-refractivity contribution in [3.05, 3.63) is 33.4 Å². The Bertz CT molecular complexity index is 839. The van der Waals surface area contributed by atoms with Gasteiger partial charge in [0.2, 0.25) is 5.91 Å². The topological polar surface area (TPSA) is 92.9 Å². The number of nitrogens with zero attached hydrogens (tertiary/aromatic N) is 2. The summed E-state index contributed by atoms with van der Waals surface area (Å²) in [4.78, 5) is 25.0. The summed E-state index contributed by atoms with van der Waals surface area (Å²) in [6.07, 6.45) is 5.79. The standard InChI is InChI=1S/C18H24N4O3/c1-10(2)13-9-14(25-21-13)12-8-15(23)19-17-16(12)18(24)20-22(17)11-6-4-3-5-7-11/h9-12H,3-8H2,1-2H3,(H,19,23)(H,20,24)/t12-/m0/s1. The third-order valence-electron chi connectivity index (χ3n) is 5.38. The van der Waals surface area contributed by atoms with E-state index in [0.717, 1.165) is 31.4 Å². The molecule has 1 aliphatic heterocycles. The van der Waals surface area contributed by atoms with Gasteiger partial charge in [-0.15, -0.1) is 0 Å². The molecule has 2 N–H and O–H groups in total. The molecule has 3 heterocycles. The molecule has 1 aliphatic carbocycles. The van der Waals surface area contributed by atoms with Crippen LogP contribution in [0.4, 0.5) is 5.82 Å². The van der Waals surface area contributed by atoms with Gasteiger partial charge in [0.15, 0.2) is 0 Å². The molecule has 7 heteroatoms. The Labute approximate surface area is 145 Å². The predicted molar refractivity (Wildman–Crippen MR) is 92.9 cm³/mol. The van der Waals surface area contributed by atoms with Crippen molar-refractivity contribution >= 4 is 11.7 Å². The maximum atomic E-state index is 12.7. The smallest absolute Gasteiger partial charge is 0.270 e. The highest BCUT2D eigenvalue weighted by molar-refractivity contribution is 5.94. The van der Waals surface area contributed by atoms with Crippen LogP contribution in [0.2, 0.25) is 0 Å². The first-order valence-electron chi connectivity index (χ1n) is 9.15. The van der Waals surface area contributed by atoms with Crippen molar-refractivity contribution in [1.29, 1.82) is 0 Å². The first-order valence-corrected chi connectivity index (χ1v) is 9.15. The fourth-order valence-corrected chi connectivity index (χ4v) is 3.98. The van der Waals surface area contributed by atoms with E-state index in [1.807, 2.05) is 24.6 Å². The van der Waals surface area contributed by atoms with Crippen LogP contribution in [0.15, 0.2) is 15.4 Å². The van der Waals surface area contributed by atoms with E-state index < -0.39 is 0 Å². The third-order valence-corrected chi connectivity index (χ3v) is 5.38. The largest absolute Gasteiger partial charge is 0.360 e. The fraction of sp³-hybridized carbons (Fsp3) is 0.611. The van der Waals surface area contributed by atoms with E-state index in [4.69, 9.17) is 4.52 Å². The minimum absolute atomic E-state index is 0.0939. The van der Waals surface area contributed by atoms with Crippen molar-refractivity contribution < 1.29 is 9.32 Å². The lowest BCUT2D eigenvalue weighted by Crippen LogP contribution is -2.27. The van der Waals surface area contributed by atoms with Crippen LogP contribution < -0.4 is 10.9 Å². The summed E-state index contributed by atoms with van der Waals surface area (Å²) in [7, 11) is 0. The highest BCUT2D eigenvalue weighted by Crippen LogP contribution is 2.38. The fourth-order valence-electron chi connectivity index (χ4n) is 3.98. The van der Waals surface area contributed by atoms with Gasteiger partial charge in [0.1, 0.15) is 11.6 Å². The maximum Gasteiger partial charge on any atom is 0.270 e. The van der Waals surface area contributed by atoms with E-state index in [-0.39, 0.29) is 35.8 Å². The summed E-state index contributed by atoms with van der Waals surface area (Å²) in [6.45, 7) is 4.07. The van der Waals surface area contributed by atoms with E-state index in [0.29, 0.717) is 17.1 Å². The molecule has 2 aromatic rings. The van der Waals surface area contributed by atoms with Crippen LogP contribution in [0.25, 0.3) is 0 Å². The minimum Gasteiger partial charge on any atom is -0.360 e. The summed E-state index contributed by atoms with van der Waals surface area (Å²) >= 11 is 0. The van der Waals surface area contributed by atoms with Crippen molar-refractivity contribution in [3.63, 3.8) is 0 Å². The number of carbonyl (C=O) groups is 1. The lowest BCUT2D eigenvalue weighted by molar-refractivity contribution is -0.116. The second-order valence-corrected chi connectivity index (χ2v) is 7.48. The molecule has 25 heavy (non-hydrogen) atoms. The summed E-state index contributed by atoms with van der Waals surface area (Å²) in [6, 6.07) is 2.11. The molecule has 0 radical (unpaired) electrons. The lowest BCUT2D eigenvalue weighted by atomic mass is 9.90. The van der Waals surface area contributed by atoms with Gasteiger partial charge in [0, 0.05) is 12.5 Å². The average molecular weight is 344 g/mol. The van der Waals surface area contributed by atoms with Crippen molar-refractivity contribution in [2.45, 2.75) is 70.3 Å². The number of carbonyl (C=O) groups excluding carboxylic acids is 1. The molecule has 1 amide bonds. The Morgan fingerprint density at radius 3 is 2.68 bits per heavy atom. The number of hydrogen-bond acceptors (Lipinski definition) is 4. The van der Waals surface area contributed by atoms with E-state index >= 15 is 0 Å². The van der Waals surface area contributed by atoms with Crippen molar-refractivity contribution in [2.75, 3.05) is 5.32 Å². The number of nitrogens with one attached hydrogen (secondary N) is 2. The number of anilines is 1. The van der Waals surface area contributed by atoms with Crippen LogP contribution in [-0.4, -0.2) is 20.8 Å². The minimum atomic E-state index is -0.377. The number of amides is 1. The normalized spacial score (nSPS) is 21.4. The van der Waals surface area contributed by atoms with Crippen molar-refractivity contribution in [3.8, 4) is 0 Å². The van der Waals surface area contributed by atoms with Gasteiger partial charge in [-0.3, -0.25) is 19.4 Å². The van der Waals surface area contributed by atoms with Crippen LogP contribution in [0, 0.1) is 0 Å². The zero-order chi connectivity index (χ0) is 17.6. The zero-order valence-electron chi connectivity index (χ0n) is 14.7. The van der Waals surface area contributed by atoms with Gasteiger partial charge >= 0.3 is 0 Å². The van der Waals surface area contributed by atoms with Gasteiger partial charge in [-0.1, -0.05) is 38.3 Å². The van der Waals surface area contributed by atoms with E-state index in [1.165, 1.54) is 6.42 Å². The molecule has 1 fully saturated rings. The molecule has 7 nitrogen and oxygen atoms in total. The predicted octanol–water partition coefficient (Wildman–Crippen LogP) is 3.27. The second kappa shape index (κ2) is 6.20. The number of H-pyrrole nitrogens is 1. The molecular weight excluding hydrogens is 320 g/mol. The van der Waals surface area contributed by atoms with Crippen LogP contribution in [0.1, 0.15) is 87.3 Å². The molecule has 1 atom stereocenters. The first kappa shape index (κ1) is 16.2. The Morgan fingerprint density at radius 2 is 2.00 bits per heavy atom. The summed E-state index contributed by atoms with van der Waals surface area (Å²) in [5.74, 6) is 0.966. The van der Waals surface area contributed by atoms with Crippen LogP contribution >= 0.6 is 0 Å². The lowest BCUT2D eigenvalue weighted by Gasteiger charge is -2.27. The molecule has 2 aliphatic rings. The number of rotatable bonds is 3. The van der Waals surface area contributed by atoms with Gasteiger partial charge in [-0.05, 0) is 18.8 Å². The van der Waals surface area contributed by atoms with Crippen LogP contribution in [0.3, 0.4) is 0 Å². The summed E-state index contributed by atoms with van der Waals surface area (Å²) < 4.78 is 7.36. The molecule has 0 spiro atoms. The van der Waals surface area contributed by atoms with Gasteiger partial charge in [0.05, 0.1) is 23.2 Å². The van der Waals surface area contributed by atoms with Crippen LogP contribution in [-0.2, 0) is 4.79 Å². The number of fused-ring (bicyclic) bond motifs is 1. The Balaban J connectivity index is 1.76. The molecule has 2 aromatic heterocycles. The second-order valence-electron chi connectivity index (χ2n) is 7.48. The molecule has 134 valence electrons. The van der Waals surface area contributed by atoms with E-state index in [1.54, 1.807) is 0 Å². The average Bonchev–Trinajstić information content (AvgIpc) is 3.21. The van der Waals surface area contributed by atoms with E-state index in [9.17, 15) is 9.59 Å². The maximum absolute atomic E-state index is 12.7. The van der Waals surface area contributed by atoms with Gasteiger partial charge < -0.3 is 9.84 Å². The highest BCUT2D eigenvalue weighted by Gasteiger charge is 2.36. The Hall–Kier alpha value is -2.31. The molecule has 0 unspecified atom stereocenters. The highest BCUT2D eigenvalue weighted by atomic mass is 16.5. The molecule has 0 bridgehead atoms. The zero-order valence-corrected chi connectivity index (χ0v) is 14.7. The third kappa shape index (κ3) is 2.81. The molecular formula is C18H24N4O3. The Kier molecular flexibility index (Phi) is 4.01. The number of hydrogen-bond donors (Lipinski definition) is 2. The van der Waals surface area contributed by atoms with Gasteiger partial charge in [-0.25, -0.2) is 0 Å². The van der Waals surface area contributed by atoms with Crippen molar-refractivity contribution in [1.82, 2.24) is 14.9 Å². The quantitative estimate of drug-likeness (QED) is 0.894. The monoisotopic (exact) mass is 344 g/mol. The Morgan fingerprint density at radius 1 is 1.24 bits per heavy atom. The van der Waals surface area contributed by atoms with Gasteiger partial charge in [0.25, 0.3) is 5.56 Å². The first-order chi connectivity index (χ1) is 12.0. The van der Waals surface area contributed by atoms with Gasteiger partial charge in [-0.2, -0.15) is 0 Å². The SMILES string of the molecule is CC(C)c1cc([C@@H]2CC(=O)Nc3c2c(=O)[nH]n3C2CCCCC2)on1. The summed E-state index contributed by atoms with van der Waals surface area (Å²) in [5.41, 5.74) is 1.29. The molecule has 4 rings (SSSR count). The summed E-state index contributed by atoms with van der Waals surface area (Å²) in [5, 5.41) is 9.96. The molecule has 1 saturated carbocycles. The van der Waals surface area contributed by atoms with E-state index in [2.05, 4.69) is 15.6 Å². The molecule has 0 aromatic carbocycles. The number of aromatic nitrogens is 3. The number of aromatic amines is 1. The van der Waals surface area contributed by atoms with Crippen LogP contribution in [0.5, 0.6) is 0 Å². The molecule has 0 saturated heterocycles.